The minimum Gasteiger partial charge on any atom is -0.477 e. The zero-order valence-corrected chi connectivity index (χ0v) is 12.2. The van der Waals surface area contributed by atoms with Gasteiger partial charge < -0.3 is 10.1 Å². The first-order valence-electron chi connectivity index (χ1n) is 7.50. The van der Waals surface area contributed by atoms with E-state index in [2.05, 4.69) is 27.2 Å². The molecule has 1 N–H and O–H groups in total. The first kappa shape index (κ1) is 13.8. The highest BCUT2D eigenvalue weighted by Gasteiger charge is 2.22. The SMILES string of the molecule is CCCNc1cc(-c2ccc(OCC3CC3)nc2)ncn1. The Labute approximate surface area is 124 Å². The van der Waals surface area contributed by atoms with E-state index in [0.29, 0.717) is 5.88 Å². The monoisotopic (exact) mass is 284 g/mol. The molecular formula is C16H20N4O. The van der Waals surface area contributed by atoms with Crippen LogP contribution in [0.5, 0.6) is 5.88 Å². The van der Waals surface area contributed by atoms with Crippen molar-refractivity contribution in [2.24, 2.45) is 5.92 Å². The van der Waals surface area contributed by atoms with Crippen molar-refractivity contribution >= 4 is 5.82 Å². The van der Waals surface area contributed by atoms with Crippen molar-refractivity contribution in [2.75, 3.05) is 18.5 Å². The molecule has 110 valence electrons. The Morgan fingerprint density at radius 2 is 2.14 bits per heavy atom. The van der Waals surface area contributed by atoms with Crippen LogP contribution in [0.25, 0.3) is 11.3 Å². The van der Waals surface area contributed by atoms with Gasteiger partial charge in [-0.3, -0.25) is 0 Å². The number of ether oxygens (including phenoxy) is 1. The van der Waals surface area contributed by atoms with Gasteiger partial charge in [-0.25, -0.2) is 15.0 Å². The molecule has 0 spiro atoms. The maximum absolute atomic E-state index is 5.64. The molecule has 1 fully saturated rings. The van der Waals surface area contributed by atoms with E-state index < -0.39 is 0 Å². The number of anilines is 1. The van der Waals surface area contributed by atoms with Crippen molar-refractivity contribution in [1.82, 2.24) is 15.0 Å². The van der Waals surface area contributed by atoms with Crippen LogP contribution in [0.2, 0.25) is 0 Å². The van der Waals surface area contributed by atoms with Gasteiger partial charge in [0.15, 0.2) is 0 Å². The summed E-state index contributed by atoms with van der Waals surface area (Å²) < 4.78 is 5.64. The molecule has 2 heterocycles. The molecule has 5 nitrogen and oxygen atoms in total. The molecule has 0 radical (unpaired) electrons. The molecule has 1 aliphatic carbocycles. The molecule has 2 aromatic heterocycles. The van der Waals surface area contributed by atoms with E-state index >= 15 is 0 Å². The van der Waals surface area contributed by atoms with Crippen LogP contribution in [-0.2, 0) is 0 Å². The minimum absolute atomic E-state index is 0.684. The molecule has 0 aromatic carbocycles. The van der Waals surface area contributed by atoms with Gasteiger partial charge >= 0.3 is 0 Å². The van der Waals surface area contributed by atoms with Crippen molar-refractivity contribution in [3.8, 4) is 17.1 Å². The average Bonchev–Trinajstić information content (AvgIpc) is 3.36. The number of hydrogen-bond acceptors (Lipinski definition) is 5. The van der Waals surface area contributed by atoms with Gasteiger partial charge in [-0.15, -0.1) is 0 Å². The summed E-state index contributed by atoms with van der Waals surface area (Å²) in [6, 6.07) is 5.83. The summed E-state index contributed by atoms with van der Waals surface area (Å²) in [6.45, 7) is 3.81. The van der Waals surface area contributed by atoms with Crippen molar-refractivity contribution in [3.63, 3.8) is 0 Å². The second kappa shape index (κ2) is 6.52. The van der Waals surface area contributed by atoms with Crippen LogP contribution in [0.4, 0.5) is 5.82 Å². The maximum Gasteiger partial charge on any atom is 0.213 e. The van der Waals surface area contributed by atoms with Crippen LogP contribution in [0.15, 0.2) is 30.7 Å². The fourth-order valence-electron chi connectivity index (χ4n) is 1.97. The molecular weight excluding hydrogens is 264 g/mol. The Hall–Kier alpha value is -2.17. The predicted octanol–water partition coefficient (Wildman–Crippen LogP) is 3.15. The molecule has 0 saturated heterocycles. The first-order valence-corrected chi connectivity index (χ1v) is 7.50. The Morgan fingerprint density at radius 3 is 2.86 bits per heavy atom. The molecule has 21 heavy (non-hydrogen) atoms. The molecule has 5 heteroatoms. The zero-order chi connectivity index (χ0) is 14.5. The molecule has 1 aliphatic rings. The third kappa shape index (κ3) is 3.90. The average molecular weight is 284 g/mol. The Morgan fingerprint density at radius 1 is 1.24 bits per heavy atom. The summed E-state index contributed by atoms with van der Waals surface area (Å²) in [4.78, 5) is 12.9. The fourth-order valence-corrected chi connectivity index (χ4v) is 1.97. The lowest BCUT2D eigenvalue weighted by molar-refractivity contribution is 0.288. The van der Waals surface area contributed by atoms with Crippen LogP contribution >= 0.6 is 0 Å². The van der Waals surface area contributed by atoms with Crippen LogP contribution in [0, 0.1) is 5.92 Å². The van der Waals surface area contributed by atoms with E-state index in [1.807, 2.05) is 18.2 Å². The van der Waals surface area contributed by atoms with E-state index in [-0.39, 0.29) is 0 Å². The molecule has 0 aliphatic heterocycles. The summed E-state index contributed by atoms with van der Waals surface area (Å²) >= 11 is 0. The summed E-state index contributed by atoms with van der Waals surface area (Å²) in [5, 5.41) is 3.26. The molecule has 1 saturated carbocycles. The van der Waals surface area contributed by atoms with Crippen LogP contribution in [-0.4, -0.2) is 28.1 Å². The highest BCUT2D eigenvalue weighted by Crippen LogP contribution is 2.29. The van der Waals surface area contributed by atoms with Crippen molar-refractivity contribution in [1.29, 1.82) is 0 Å². The lowest BCUT2D eigenvalue weighted by atomic mass is 10.2. The Kier molecular flexibility index (Phi) is 4.28. The van der Waals surface area contributed by atoms with E-state index in [9.17, 15) is 0 Å². The molecule has 0 amide bonds. The third-order valence-electron chi connectivity index (χ3n) is 3.42. The summed E-state index contributed by atoms with van der Waals surface area (Å²) in [5.74, 6) is 2.26. The number of hydrogen-bond donors (Lipinski definition) is 1. The second-order valence-electron chi connectivity index (χ2n) is 5.35. The molecule has 2 aromatic rings. The number of rotatable bonds is 7. The minimum atomic E-state index is 0.684. The van der Waals surface area contributed by atoms with Crippen LogP contribution in [0.3, 0.4) is 0 Å². The standard InChI is InChI=1S/C16H20N4O/c1-2-7-17-15-8-14(19-11-20-15)13-5-6-16(18-9-13)21-10-12-3-4-12/h5-6,8-9,11-12H,2-4,7,10H2,1H3,(H,17,19,20). The van der Waals surface area contributed by atoms with E-state index in [4.69, 9.17) is 4.74 Å². The van der Waals surface area contributed by atoms with Gasteiger partial charge in [0.2, 0.25) is 5.88 Å². The highest BCUT2D eigenvalue weighted by atomic mass is 16.5. The molecule has 0 unspecified atom stereocenters. The molecule has 3 rings (SSSR count). The summed E-state index contributed by atoms with van der Waals surface area (Å²) in [6.07, 6.45) is 7.01. The van der Waals surface area contributed by atoms with Gasteiger partial charge in [0.05, 0.1) is 12.3 Å². The van der Waals surface area contributed by atoms with Crippen LogP contribution < -0.4 is 10.1 Å². The quantitative estimate of drug-likeness (QED) is 0.846. The largest absolute Gasteiger partial charge is 0.477 e. The van der Waals surface area contributed by atoms with Crippen LogP contribution in [0.1, 0.15) is 26.2 Å². The molecule has 0 bridgehead atoms. The maximum atomic E-state index is 5.64. The van der Waals surface area contributed by atoms with Crippen molar-refractivity contribution in [2.45, 2.75) is 26.2 Å². The Bertz CT molecular complexity index is 581. The van der Waals surface area contributed by atoms with Gasteiger partial charge in [-0.2, -0.15) is 0 Å². The highest BCUT2D eigenvalue weighted by molar-refractivity contribution is 5.61. The second-order valence-corrected chi connectivity index (χ2v) is 5.35. The first-order chi connectivity index (χ1) is 10.3. The summed E-state index contributed by atoms with van der Waals surface area (Å²) in [5.41, 5.74) is 1.83. The van der Waals surface area contributed by atoms with E-state index in [0.717, 1.165) is 42.6 Å². The van der Waals surface area contributed by atoms with Crippen molar-refractivity contribution < 1.29 is 4.74 Å². The summed E-state index contributed by atoms with van der Waals surface area (Å²) in [7, 11) is 0. The van der Waals surface area contributed by atoms with Gasteiger partial charge in [0.25, 0.3) is 0 Å². The number of aromatic nitrogens is 3. The normalized spacial score (nSPS) is 14.0. The van der Waals surface area contributed by atoms with Gasteiger partial charge in [0.1, 0.15) is 12.1 Å². The van der Waals surface area contributed by atoms with E-state index in [1.165, 1.54) is 12.8 Å². The predicted molar refractivity (Wildman–Crippen MR) is 82.3 cm³/mol. The number of nitrogens with one attached hydrogen (secondary N) is 1. The zero-order valence-electron chi connectivity index (χ0n) is 12.2. The van der Waals surface area contributed by atoms with Gasteiger partial charge in [0, 0.05) is 30.4 Å². The topological polar surface area (TPSA) is 59.9 Å². The third-order valence-corrected chi connectivity index (χ3v) is 3.42. The lowest BCUT2D eigenvalue weighted by Crippen LogP contribution is -2.02. The number of nitrogens with zero attached hydrogens (tertiary/aromatic N) is 3. The van der Waals surface area contributed by atoms with Gasteiger partial charge in [-0.05, 0) is 31.2 Å². The van der Waals surface area contributed by atoms with Gasteiger partial charge in [-0.1, -0.05) is 6.92 Å². The number of pyridine rings is 1. The van der Waals surface area contributed by atoms with E-state index in [1.54, 1.807) is 12.5 Å². The fraction of sp³-hybridized carbons (Fsp3) is 0.438. The smallest absolute Gasteiger partial charge is 0.213 e. The lowest BCUT2D eigenvalue weighted by Gasteiger charge is -2.07. The molecule has 0 atom stereocenters. The van der Waals surface area contributed by atoms with Crippen molar-refractivity contribution in [3.05, 3.63) is 30.7 Å². The Balaban J connectivity index is 1.67.